The molecule has 0 fully saturated rings. The Labute approximate surface area is 119 Å². The van der Waals surface area contributed by atoms with Gasteiger partial charge < -0.3 is 10.3 Å². The lowest BCUT2D eigenvalue weighted by molar-refractivity contribution is 0.102. The second-order valence-electron chi connectivity index (χ2n) is 3.43. The molecule has 19 heavy (non-hydrogen) atoms. The number of pyridine rings is 1. The molecule has 7 nitrogen and oxygen atoms in total. The first-order valence-electron chi connectivity index (χ1n) is 4.92. The number of amides is 1. The van der Waals surface area contributed by atoms with E-state index in [1.165, 1.54) is 12.3 Å². The molecule has 0 aliphatic rings. The predicted molar refractivity (Wildman–Crippen MR) is 72.6 cm³/mol. The van der Waals surface area contributed by atoms with Gasteiger partial charge in [0.2, 0.25) is 0 Å². The number of nitrogens with one attached hydrogen (secondary N) is 3. The van der Waals surface area contributed by atoms with Crippen molar-refractivity contribution in [3.8, 4) is 0 Å². The van der Waals surface area contributed by atoms with E-state index in [2.05, 4.69) is 31.2 Å². The summed E-state index contributed by atoms with van der Waals surface area (Å²) >= 11 is 8.98. The normalized spacial score (nSPS) is 10.2. The summed E-state index contributed by atoms with van der Waals surface area (Å²) in [4.78, 5) is 42.1. The summed E-state index contributed by atoms with van der Waals surface area (Å²) in [5, 5.41) is 2.50. The van der Waals surface area contributed by atoms with Crippen LogP contribution in [0.4, 0.5) is 5.69 Å². The van der Waals surface area contributed by atoms with Gasteiger partial charge in [0, 0.05) is 16.9 Å². The highest BCUT2D eigenvalue weighted by Gasteiger charge is 2.13. The van der Waals surface area contributed by atoms with Crippen molar-refractivity contribution in [1.82, 2.24) is 15.0 Å². The van der Waals surface area contributed by atoms with Gasteiger partial charge in [-0.1, -0.05) is 11.6 Å². The zero-order valence-corrected chi connectivity index (χ0v) is 11.5. The van der Waals surface area contributed by atoms with Crippen molar-refractivity contribution in [1.29, 1.82) is 0 Å². The smallest absolute Gasteiger partial charge is 0.319 e. The third-order valence-corrected chi connectivity index (χ3v) is 2.85. The molecule has 0 aromatic carbocycles. The minimum absolute atomic E-state index is 0.0809. The van der Waals surface area contributed by atoms with E-state index in [4.69, 9.17) is 11.6 Å². The third-order valence-electron chi connectivity index (χ3n) is 2.12. The number of hydrogen-bond acceptors (Lipinski definition) is 4. The summed E-state index contributed by atoms with van der Waals surface area (Å²) in [5.74, 6) is -0.709. The Morgan fingerprint density at radius 2 is 2.16 bits per heavy atom. The van der Waals surface area contributed by atoms with Gasteiger partial charge in [-0.25, -0.2) is 9.78 Å². The molecule has 2 aromatic heterocycles. The number of rotatable bonds is 2. The number of aromatic nitrogens is 3. The maximum Gasteiger partial charge on any atom is 0.325 e. The van der Waals surface area contributed by atoms with Crippen molar-refractivity contribution in [2.45, 2.75) is 0 Å². The number of nitrogens with zero attached hydrogens (tertiary/aromatic N) is 1. The number of carbonyl (C=O) groups is 1. The molecule has 9 heteroatoms. The Morgan fingerprint density at radius 1 is 1.42 bits per heavy atom. The molecule has 0 spiro atoms. The molecule has 0 aliphatic carbocycles. The Bertz CT molecular complexity index is 755. The highest BCUT2D eigenvalue weighted by molar-refractivity contribution is 9.10. The predicted octanol–water partition coefficient (Wildman–Crippen LogP) is 1.13. The van der Waals surface area contributed by atoms with Gasteiger partial charge in [-0.05, 0) is 22.0 Å². The van der Waals surface area contributed by atoms with Gasteiger partial charge in [0.1, 0.15) is 5.56 Å². The topological polar surface area (TPSA) is 108 Å². The van der Waals surface area contributed by atoms with Gasteiger partial charge in [-0.2, -0.15) is 0 Å². The maximum atomic E-state index is 11.9. The molecule has 0 bridgehead atoms. The largest absolute Gasteiger partial charge is 0.325 e. The fourth-order valence-electron chi connectivity index (χ4n) is 1.28. The van der Waals surface area contributed by atoms with E-state index in [1.807, 2.05) is 4.98 Å². The van der Waals surface area contributed by atoms with Gasteiger partial charge in [-0.3, -0.25) is 14.6 Å². The van der Waals surface area contributed by atoms with Crippen LogP contribution in [0.3, 0.4) is 0 Å². The maximum absolute atomic E-state index is 11.9. The fraction of sp³-hybridized carbons (Fsp3) is 0. The van der Waals surface area contributed by atoms with Crippen molar-refractivity contribution >= 4 is 39.1 Å². The minimum atomic E-state index is -0.791. The zero-order valence-electron chi connectivity index (χ0n) is 9.16. The van der Waals surface area contributed by atoms with Crippen LogP contribution >= 0.6 is 27.5 Å². The average molecular weight is 346 g/mol. The number of hydrogen-bond donors (Lipinski definition) is 3. The molecule has 0 saturated carbocycles. The highest BCUT2D eigenvalue weighted by Crippen LogP contribution is 2.23. The first kappa shape index (κ1) is 13.5. The lowest BCUT2D eigenvalue weighted by Crippen LogP contribution is -2.29. The number of halogens is 2. The van der Waals surface area contributed by atoms with Crippen LogP contribution in [-0.4, -0.2) is 20.9 Å². The van der Waals surface area contributed by atoms with Crippen molar-refractivity contribution < 1.29 is 4.79 Å². The first-order chi connectivity index (χ1) is 8.97. The van der Waals surface area contributed by atoms with Gasteiger partial charge in [0.15, 0.2) is 5.15 Å². The van der Waals surface area contributed by atoms with Gasteiger partial charge in [-0.15, -0.1) is 0 Å². The molecule has 3 N–H and O–H groups in total. The third kappa shape index (κ3) is 3.09. The van der Waals surface area contributed by atoms with E-state index >= 15 is 0 Å². The summed E-state index contributed by atoms with van der Waals surface area (Å²) < 4.78 is 0.613. The molecule has 0 atom stereocenters. The number of aromatic amines is 2. The molecule has 0 saturated heterocycles. The van der Waals surface area contributed by atoms with Crippen LogP contribution in [-0.2, 0) is 0 Å². The quantitative estimate of drug-likeness (QED) is 0.709. The standard InChI is InChI=1S/C10H6BrClN4O3/c11-4-1-6(7(12)13-2-4)15-8(17)5-3-14-10(19)16-9(5)18/h1-3H,(H,15,17)(H2,14,16,18,19). The molecule has 0 radical (unpaired) electrons. The zero-order chi connectivity index (χ0) is 14.0. The highest BCUT2D eigenvalue weighted by atomic mass is 79.9. The van der Waals surface area contributed by atoms with Crippen LogP contribution in [0.15, 0.2) is 32.5 Å². The van der Waals surface area contributed by atoms with Crippen LogP contribution in [0.2, 0.25) is 5.15 Å². The van der Waals surface area contributed by atoms with Gasteiger partial charge >= 0.3 is 5.69 Å². The average Bonchev–Trinajstić information content (AvgIpc) is 2.33. The van der Waals surface area contributed by atoms with E-state index in [1.54, 1.807) is 0 Å². The molecule has 98 valence electrons. The summed E-state index contributed by atoms with van der Waals surface area (Å²) in [6.07, 6.45) is 2.49. The van der Waals surface area contributed by atoms with E-state index in [9.17, 15) is 14.4 Å². The van der Waals surface area contributed by atoms with Crippen molar-refractivity contribution in [2.24, 2.45) is 0 Å². The van der Waals surface area contributed by atoms with Crippen molar-refractivity contribution in [3.05, 3.63) is 54.5 Å². The van der Waals surface area contributed by atoms with Gasteiger partial charge in [0.05, 0.1) is 5.69 Å². The van der Waals surface area contributed by atoms with Crippen LogP contribution < -0.4 is 16.6 Å². The van der Waals surface area contributed by atoms with Crippen LogP contribution in [0, 0.1) is 0 Å². The number of carbonyl (C=O) groups excluding carboxylic acids is 1. The number of H-pyrrole nitrogens is 2. The van der Waals surface area contributed by atoms with Crippen LogP contribution in [0.1, 0.15) is 10.4 Å². The van der Waals surface area contributed by atoms with E-state index < -0.39 is 17.2 Å². The molecule has 2 rings (SSSR count). The molecule has 0 aliphatic heterocycles. The van der Waals surface area contributed by atoms with Crippen molar-refractivity contribution in [2.75, 3.05) is 5.32 Å². The lowest BCUT2D eigenvalue weighted by atomic mass is 10.3. The van der Waals surface area contributed by atoms with Crippen molar-refractivity contribution in [3.63, 3.8) is 0 Å². The fourth-order valence-corrected chi connectivity index (χ4v) is 1.76. The molecule has 2 heterocycles. The molecule has 0 unspecified atom stereocenters. The van der Waals surface area contributed by atoms with Crippen LogP contribution in [0.25, 0.3) is 0 Å². The number of anilines is 1. The Hall–Kier alpha value is -1.93. The monoisotopic (exact) mass is 344 g/mol. The van der Waals surface area contributed by atoms with E-state index in [0.717, 1.165) is 6.20 Å². The first-order valence-corrected chi connectivity index (χ1v) is 6.09. The lowest BCUT2D eigenvalue weighted by Gasteiger charge is -2.06. The molecule has 2 aromatic rings. The Balaban J connectivity index is 2.33. The molecule has 1 amide bonds. The minimum Gasteiger partial charge on any atom is -0.319 e. The molecular formula is C10H6BrClN4O3. The summed E-state index contributed by atoms with van der Waals surface area (Å²) in [5.41, 5.74) is -1.48. The summed E-state index contributed by atoms with van der Waals surface area (Å²) in [7, 11) is 0. The summed E-state index contributed by atoms with van der Waals surface area (Å²) in [6, 6.07) is 1.53. The van der Waals surface area contributed by atoms with E-state index in [-0.39, 0.29) is 16.4 Å². The second-order valence-corrected chi connectivity index (χ2v) is 4.71. The van der Waals surface area contributed by atoms with Crippen LogP contribution in [0.5, 0.6) is 0 Å². The SMILES string of the molecule is O=C(Nc1cc(Br)cnc1Cl)c1c[nH]c(=O)[nH]c1=O. The molecular weight excluding hydrogens is 339 g/mol. The van der Waals surface area contributed by atoms with Gasteiger partial charge in [0.25, 0.3) is 11.5 Å². The Kier molecular flexibility index (Phi) is 3.82. The second kappa shape index (κ2) is 5.37. The van der Waals surface area contributed by atoms with E-state index in [0.29, 0.717) is 4.47 Å². The summed E-state index contributed by atoms with van der Waals surface area (Å²) in [6.45, 7) is 0. The Morgan fingerprint density at radius 3 is 2.84 bits per heavy atom.